The summed E-state index contributed by atoms with van der Waals surface area (Å²) in [7, 11) is 0. The van der Waals surface area contributed by atoms with E-state index in [0.717, 1.165) is 52.1 Å². The molecule has 0 aromatic heterocycles. The maximum Gasteiger partial charge on any atom is 0.235 e. The molecule has 2 fully saturated rings. The molecule has 0 atom stereocenters. The van der Waals surface area contributed by atoms with Crippen molar-refractivity contribution in [3.05, 3.63) is 0 Å². The number of piperazine rings is 1. The number of hydrogen-bond donors (Lipinski definition) is 2. The fraction of sp³-hybridized carbons (Fsp3) is 0.812. The predicted octanol–water partition coefficient (Wildman–Crippen LogP) is -0.116. The van der Waals surface area contributed by atoms with Gasteiger partial charge in [0.2, 0.25) is 5.91 Å². The number of nitrogens with one attached hydrogen (secondary N) is 2. The third kappa shape index (κ3) is 3.97. The molecule has 0 aromatic carbocycles. The molecule has 2 rings (SSSR count). The SMILES string of the molecule is C#CC(CC)(CC)NC(=O)CN1CC(N2CCNCC2)C1. The van der Waals surface area contributed by atoms with Gasteiger partial charge in [0.25, 0.3) is 0 Å². The number of carbonyl (C=O) groups excluding carboxylic acids is 1. The molecule has 2 N–H and O–H groups in total. The summed E-state index contributed by atoms with van der Waals surface area (Å²) >= 11 is 0. The van der Waals surface area contributed by atoms with Gasteiger partial charge in [-0.25, -0.2) is 0 Å². The summed E-state index contributed by atoms with van der Waals surface area (Å²) in [4.78, 5) is 16.9. The first-order valence-corrected chi connectivity index (χ1v) is 8.08. The summed E-state index contributed by atoms with van der Waals surface area (Å²) in [6, 6.07) is 0.620. The summed E-state index contributed by atoms with van der Waals surface area (Å²) < 4.78 is 0. The second kappa shape index (κ2) is 7.26. The van der Waals surface area contributed by atoms with Crippen LogP contribution in [-0.2, 0) is 4.79 Å². The Morgan fingerprint density at radius 3 is 2.48 bits per heavy atom. The van der Waals surface area contributed by atoms with Crippen molar-refractivity contribution in [3.63, 3.8) is 0 Å². The van der Waals surface area contributed by atoms with Crippen molar-refractivity contribution in [3.8, 4) is 12.3 Å². The molecule has 0 spiro atoms. The van der Waals surface area contributed by atoms with Crippen LogP contribution in [0.25, 0.3) is 0 Å². The lowest BCUT2D eigenvalue weighted by molar-refractivity contribution is -0.125. The van der Waals surface area contributed by atoms with Crippen molar-refractivity contribution in [1.82, 2.24) is 20.4 Å². The second-order valence-electron chi connectivity index (χ2n) is 6.12. The minimum absolute atomic E-state index is 0.0513. The standard InChI is InChI=1S/C16H28N4O/c1-4-16(5-2,6-3)18-15(21)13-19-11-14(12-19)20-9-7-17-8-10-20/h1,14,17H,5-13H2,2-3H3,(H,18,21). The van der Waals surface area contributed by atoms with E-state index in [0.29, 0.717) is 12.6 Å². The van der Waals surface area contributed by atoms with Crippen LogP contribution in [0.2, 0.25) is 0 Å². The van der Waals surface area contributed by atoms with Gasteiger partial charge in [-0.2, -0.15) is 0 Å². The Bertz CT molecular complexity index is 388. The summed E-state index contributed by atoms with van der Waals surface area (Å²) in [5, 5.41) is 6.40. The van der Waals surface area contributed by atoms with Crippen molar-refractivity contribution in [1.29, 1.82) is 0 Å². The van der Waals surface area contributed by atoms with Crippen molar-refractivity contribution in [2.24, 2.45) is 0 Å². The molecule has 21 heavy (non-hydrogen) atoms. The summed E-state index contributed by atoms with van der Waals surface area (Å²) in [5.74, 6) is 2.80. The monoisotopic (exact) mass is 292 g/mol. The van der Waals surface area contributed by atoms with Gasteiger partial charge in [-0.15, -0.1) is 6.42 Å². The molecule has 5 heteroatoms. The molecule has 2 heterocycles. The molecular weight excluding hydrogens is 264 g/mol. The molecule has 0 saturated carbocycles. The molecule has 2 aliphatic rings. The number of rotatable bonds is 6. The molecule has 0 aliphatic carbocycles. The van der Waals surface area contributed by atoms with Gasteiger partial charge in [0.1, 0.15) is 5.54 Å². The maximum absolute atomic E-state index is 12.1. The molecule has 1 amide bonds. The fourth-order valence-electron chi connectivity index (χ4n) is 3.13. The highest BCUT2D eigenvalue weighted by molar-refractivity contribution is 5.79. The average molecular weight is 292 g/mol. The van der Waals surface area contributed by atoms with Gasteiger partial charge in [-0.1, -0.05) is 19.8 Å². The van der Waals surface area contributed by atoms with E-state index in [1.165, 1.54) is 0 Å². The molecule has 5 nitrogen and oxygen atoms in total. The van der Waals surface area contributed by atoms with E-state index in [1.54, 1.807) is 0 Å². The Kier molecular flexibility index (Phi) is 5.63. The van der Waals surface area contributed by atoms with Crippen LogP contribution in [0.15, 0.2) is 0 Å². The topological polar surface area (TPSA) is 47.6 Å². The summed E-state index contributed by atoms with van der Waals surface area (Å²) in [5.41, 5.74) is -0.472. The smallest absolute Gasteiger partial charge is 0.235 e. The average Bonchev–Trinajstić information content (AvgIpc) is 2.49. The third-order valence-corrected chi connectivity index (χ3v) is 4.84. The molecule has 0 bridgehead atoms. The van der Waals surface area contributed by atoms with Gasteiger partial charge in [0, 0.05) is 45.3 Å². The van der Waals surface area contributed by atoms with Gasteiger partial charge in [-0.05, 0) is 12.8 Å². The molecule has 2 aliphatic heterocycles. The second-order valence-corrected chi connectivity index (χ2v) is 6.12. The highest BCUT2D eigenvalue weighted by atomic mass is 16.2. The van der Waals surface area contributed by atoms with Gasteiger partial charge in [0.15, 0.2) is 0 Å². The van der Waals surface area contributed by atoms with Crippen LogP contribution in [-0.4, -0.2) is 73.1 Å². The van der Waals surface area contributed by atoms with Crippen LogP contribution in [0.1, 0.15) is 26.7 Å². The van der Waals surface area contributed by atoms with Crippen LogP contribution in [0.4, 0.5) is 0 Å². The number of nitrogens with zero attached hydrogens (tertiary/aromatic N) is 2. The van der Waals surface area contributed by atoms with E-state index in [4.69, 9.17) is 6.42 Å². The highest BCUT2D eigenvalue weighted by Crippen LogP contribution is 2.16. The Hall–Kier alpha value is -1.09. The fourth-order valence-corrected chi connectivity index (χ4v) is 3.13. The number of likely N-dealkylation sites (tertiary alicyclic amines) is 1. The predicted molar refractivity (Wildman–Crippen MR) is 85.0 cm³/mol. The van der Waals surface area contributed by atoms with Gasteiger partial charge in [-0.3, -0.25) is 14.6 Å². The highest BCUT2D eigenvalue weighted by Gasteiger charge is 2.34. The summed E-state index contributed by atoms with van der Waals surface area (Å²) in [6.45, 7) is 10.9. The van der Waals surface area contributed by atoms with E-state index in [2.05, 4.69) is 26.4 Å². The van der Waals surface area contributed by atoms with E-state index < -0.39 is 5.54 Å². The van der Waals surface area contributed by atoms with Crippen molar-refractivity contribution in [2.75, 3.05) is 45.8 Å². The van der Waals surface area contributed by atoms with Crippen LogP contribution in [0.5, 0.6) is 0 Å². The molecular formula is C16H28N4O. The minimum Gasteiger partial charge on any atom is -0.339 e. The number of terminal acetylenes is 1. The van der Waals surface area contributed by atoms with Crippen molar-refractivity contribution >= 4 is 5.91 Å². The van der Waals surface area contributed by atoms with Crippen molar-refractivity contribution in [2.45, 2.75) is 38.3 Å². The Labute approximate surface area is 128 Å². The maximum atomic E-state index is 12.1. The normalized spacial score (nSPS) is 21.6. The van der Waals surface area contributed by atoms with Crippen molar-refractivity contribution < 1.29 is 4.79 Å². The molecule has 2 saturated heterocycles. The van der Waals surface area contributed by atoms with Gasteiger partial charge >= 0.3 is 0 Å². The molecule has 0 radical (unpaired) electrons. The molecule has 0 aromatic rings. The third-order valence-electron chi connectivity index (χ3n) is 4.84. The van der Waals surface area contributed by atoms with E-state index in [-0.39, 0.29) is 5.91 Å². The van der Waals surface area contributed by atoms with Crippen LogP contribution in [0.3, 0.4) is 0 Å². The lowest BCUT2D eigenvalue weighted by Gasteiger charge is -2.46. The summed E-state index contributed by atoms with van der Waals surface area (Å²) in [6.07, 6.45) is 7.13. The van der Waals surface area contributed by atoms with Gasteiger partial charge < -0.3 is 10.6 Å². The van der Waals surface area contributed by atoms with E-state index in [1.807, 2.05) is 13.8 Å². The molecule has 118 valence electrons. The zero-order valence-electron chi connectivity index (χ0n) is 13.3. The number of hydrogen-bond acceptors (Lipinski definition) is 4. The Balaban J connectivity index is 1.72. The van der Waals surface area contributed by atoms with Crippen LogP contribution < -0.4 is 10.6 Å². The Morgan fingerprint density at radius 2 is 1.95 bits per heavy atom. The van der Waals surface area contributed by atoms with Crippen LogP contribution in [0, 0.1) is 12.3 Å². The first-order chi connectivity index (χ1) is 10.1. The first-order valence-electron chi connectivity index (χ1n) is 8.08. The van der Waals surface area contributed by atoms with Crippen LogP contribution >= 0.6 is 0 Å². The zero-order chi connectivity index (χ0) is 15.3. The zero-order valence-corrected chi connectivity index (χ0v) is 13.3. The first kappa shape index (κ1) is 16.3. The Morgan fingerprint density at radius 1 is 1.33 bits per heavy atom. The van der Waals surface area contributed by atoms with E-state index >= 15 is 0 Å². The largest absolute Gasteiger partial charge is 0.339 e. The quantitative estimate of drug-likeness (QED) is 0.670. The number of amides is 1. The van der Waals surface area contributed by atoms with Gasteiger partial charge in [0.05, 0.1) is 6.54 Å². The lowest BCUT2D eigenvalue weighted by atomic mass is 9.94. The minimum atomic E-state index is -0.472. The van der Waals surface area contributed by atoms with E-state index in [9.17, 15) is 4.79 Å². The molecule has 0 unspecified atom stereocenters. The lowest BCUT2D eigenvalue weighted by Crippen LogP contribution is -2.64. The number of carbonyl (C=O) groups is 1.